The molecular formula is C24H20N2O3. The lowest BCUT2D eigenvalue weighted by atomic mass is 10.1. The van der Waals surface area contributed by atoms with Crippen LogP contribution in [0.3, 0.4) is 0 Å². The molecule has 29 heavy (non-hydrogen) atoms. The van der Waals surface area contributed by atoms with Gasteiger partial charge in [-0.2, -0.15) is 0 Å². The van der Waals surface area contributed by atoms with Gasteiger partial charge in [-0.15, -0.1) is 0 Å². The van der Waals surface area contributed by atoms with Gasteiger partial charge in [0.25, 0.3) is 5.69 Å². The van der Waals surface area contributed by atoms with Gasteiger partial charge in [-0.05, 0) is 34.5 Å². The van der Waals surface area contributed by atoms with Crippen LogP contribution in [0.4, 0.5) is 11.4 Å². The first-order chi connectivity index (χ1) is 14.2. The summed E-state index contributed by atoms with van der Waals surface area (Å²) in [6, 6.07) is 28.8. The molecule has 0 aliphatic rings. The van der Waals surface area contributed by atoms with Gasteiger partial charge < -0.3 is 10.1 Å². The first-order valence-corrected chi connectivity index (χ1v) is 9.36. The molecule has 0 aliphatic carbocycles. The summed E-state index contributed by atoms with van der Waals surface area (Å²) in [4.78, 5) is 10.4. The van der Waals surface area contributed by atoms with Crippen LogP contribution >= 0.6 is 0 Å². The predicted octanol–water partition coefficient (Wildman–Crippen LogP) is 5.94. The Morgan fingerprint density at radius 3 is 2.31 bits per heavy atom. The third kappa shape index (κ3) is 4.35. The lowest BCUT2D eigenvalue weighted by molar-refractivity contribution is -0.384. The fourth-order valence-electron chi connectivity index (χ4n) is 3.26. The smallest absolute Gasteiger partial charge is 0.269 e. The van der Waals surface area contributed by atoms with Crippen molar-refractivity contribution in [3.05, 3.63) is 112 Å². The third-order valence-corrected chi connectivity index (χ3v) is 4.80. The zero-order valence-corrected chi connectivity index (χ0v) is 15.7. The molecule has 0 heterocycles. The van der Waals surface area contributed by atoms with Gasteiger partial charge in [0.1, 0.15) is 12.4 Å². The molecule has 0 bridgehead atoms. The van der Waals surface area contributed by atoms with E-state index in [1.54, 1.807) is 12.1 Å². The second-order valence-electron chi connectivity index (χ2n) is 6.69. The molecule has 5 heteroatoms. The number of nitrogens with zero attached hydrogens (tertiary/aromatic N) is 1. The molecular weight excluding hydrogens is 364 g/mol. The Bertz CT molecular complexity index is 1130. The van der Waals surface area contributed by atoms with Crippen LogP contribution in [-0.2, 0) is 13.2 Å². The van der Waals surface area contributed by atoms with Gasteiger partial charge in [0.2, 0.25) is 0 Å². The van der Waals surface area contributed by atoms with E-state index in [-0.39, 0.29) is 5.69 Å². The molecule has 144 valence electrons. The Morgan fingerprint density at radius 2 is 1.48 bits per heavy atom. The minimum Gasteiger partial charge on any atom is -0.489 e. The first-order valence-electron chi connectivity index (χ1n) is 9.36. The molecule has 0 aromatic heterocycles. The molecule has 0 radical (unpaired) electrons. The number of fused-ring (bicyclic) bond motifs is 1. The average Bonchev–Trinajstić information content (AvgIpc) is 2.77. The fourth-order valence-corrected chi connectivity index (χ4v) is 3.26. The summed E-state index contributed by atoms with van der Waals surface area (Å²) in [6.07, 6.45) is 0. The van der Waals surface area contributed by atoms with Crippen LogP contribution in [0.15, 0.2) is 91.0 Å². The molecule has 0 atom stereocenters. The normalized spacial score (nSPS) is 10.6. The topological polar surface area (TPSA) is 64.4 Å². The van der Waals surface area contributed by atoms with Gasteiger partial charge in [0.05, 0.1) is 4.92 Å². The Labute approximate surface area is 168 Å². The number of anilines is 1. The molecule has 0 saturated heterocycles. The summed E-state index contributed by atoms with van der Waals surface area (Å²) in [5.74, 6) is 0.815. The maximum atomic E-state index is 10.8. The van der Waals surface area contributed by atoms with Crippen molar-refractivity contribution in [1.82, 2.24) is 0 Å². The first kappa shape index (κ1) is 18.5. The third-order valence-electron chi connectivity index (χ3n) is 4.80. The predicted molar refractivity (Wildman–Crippen MR) is 115 cm³/mol. The summed E-state index contributed by atoms with van der Waals surface area (Å²) in [5.41, 5.74) is 3.06. The van der Waals surface area contributed by atoms with Crippen LogP contribution in [0.2, 0.25) is 0 Å². The van der Waals surface area contributed by atoms with E-state index in [1.807, 2.05) is 42.5 Å². The van der Waals surface area contributed by atoms with Gasteiger partial charge in [-0.25, -0.2) is 0 Å². The van der Waals surface area contributed by atoms with Crippen LogP contribution in [0.25, 0.3) is 10.8 Å². The van der Waals surface area contributed by atoms with Gasteiger partial charge in [0.15, 0.2) is 0 Å². The van der Waals surface area contributed by atoms with E-state index >= 15 is 0 Å². The Hall–Kier alpha value is -3.86. The van der Waals surface area contributed by atoms with Crippen LogP contribution in [0, 0.1) is 10.1 Å². The largest absolute Gasteiger partial charge is 0.489 e. The monoisotopic (exact) mass is 384 g/mol. The van der Waals surface area contributed by atoms with E-state index in [1.165, 1.54) is 22.9 Å². The maximum absolute atomic E-state index is 10.8. The van der Waals surface area contributed by atoms with Crippen LogP contribution in [0.5, 0.6) is 5.75 Å². The summed E-state index contributed by atoms with van der Waals surface area (Å²) in [5, 5.41) is 16.5. The molecule has 4 rings (SSSR count). The lowest BCUT2D eigenvalue weighted by Crippen LogP contribution is -2.04. The summed E-state index contributed by atoms with van der Waals surface area (Å²) in [6.45, 7) is 1.04. The molecule has 0 spiro atoms. The van der Waals surface area contributed by atoms with Crippen molar-refractivity contribution in [1.29, 1.82) is 0 Å². The second kappa shape index (κ2) is 8.44. The minimum absolute atomic E-state index is 0.0781. The van der Waals surface area contributed by atoms with Crippen LogP contribution in [-0.4, -0.2) is 4.92 Å². The number of hydrogen-bond donors (Lipinski definition) is 1. The summed E-state index contributed by atoms with van der Waals surface area (Å²) < 4.78 is 6.14. The number of para-hydroxylation sites is 1. The number of nitrogens with one attached hydrogen (secondary N) is 1. The molecule has 0 unspecified atom stereocenters. The van der Waals surface area contributed by atoms with E-state index in [2.05, 4.69) is 29.6 Å². The Balaban J connectivity index is 1.46. The molecule has 1 N–H and O–H groups in total. The van der Waals surface area contributed by atoms with Crippen LogP contribution in [0.1, 0.15) is 11.1 Å². The molecule has 0 aliphatic heterocycles. The summed E-state index contributed by atoms with van der Waals surface area (Å²) >= 11 is 0. The highest BCUT2D eigenvalue weighted by atomic mass is 16.6. The van der Waals surface area contributed by atoms with Gasteiger partial charge in [-0.1, -0.05) is 60.7 Å². The zero-order valence-electron chi connectivity index (χ0n) is 15.7. The number of benzene rings is 4. The van der Waals surface area contributed by atoms with Crippen molar-refractivity contribution in [2.45, 2.75) is 13.2 Å². The number of nitro benzene ring substituents is 1. The van der Waals surface area contributed by atoms with Gasteiger partial charge in [-0.3, -0.25) is 10.1 Å². The van der Waals surface area contributed by atoms with E-state index in [9.17, 15) is 10.1 Å². The van der Waals surface area contributed by atoms with Crippen molar-refractivity contribution in [3.63, 3.8) is 0 Å². The lowest BCUT2D eigenvalue weighted by Gasteiger charge is -2.14. The van der Waals surface area contributed by atoms with E-state index in [4.69, 9.17) is 4.74 Å². The molecule has 4 aromatic carbocycles. The molecule has 5 nitrogen and oxygen atoms in total. The minimum atomic E-state index is -0.403. The SMILES string of the molecule is O=[N+]([O-])c1ccc(NCc2ccccc2OCc2cccc3ccccc23)cc1. The molecule has 0 amide bonds. The number of ether oxygens (including phenoxy) is 1. The van der Waals surface area contributed by atoms with Gasteiger partial charge in [0, 0.05) is 29.9 Å². The molecule has 0 saturated carbocycles. The fraction of sp³-hybridized carbons (Fsp3) is 0.0833. The van der Waals surface area contributed by atoms with E-state index < -0.39 is 4.92 Å². The molecule has 0 fully saturated rings. The van der Waals surface area contributed by atoms with Crippen molar-refractivity contribution in [2.75, 3.05) is 5.32 Å². The Kier molecular flexibility index (Phi) is 5.38. The number of hydrogen-bond acceptors (Lipinski definition) is 4. The number of non-ortho nitro benzene ring substituents is 1. The highest BCUT2D eigenvalue weighted by Gasteiger charge is 2.07. The van der Waals surface area contributed by atoms with Crippen molar-refractivity contribution in [2.24, 2.45) is 0 Å². The average molecular weight is 384 g/mol. The zero-order chi connectivity index (χ0) is 20.1. The number of nitro groups is 1. The van der Waals surface area contributed by atoms with E-state index in [0.29, 0.717) is 13.2 Å². The van der Waals surface area contributed by atoms with E-state index in [0.717, 1.165) is 22.6 Å². The van der Waals surface area contributed by atoms with Crippen LogP contribution < -0.4 is 10.1 Å². The second-order valence-corrected chi connectivity index (χ2v) is 6.69. The quantitative estimate of drug-likeness (QED) is 0.316. The maximum Gasteiger partial charge on any atom is 0.269 e. The van der Waals surface area contributed by atoms with Crippen molar-refractivity contribution >= 4 is 22.1 Å². The number of rotatable bonds is 7. The molecule has 4 aromatic rings. The highest BCUT2D eigenvalue weighted by molar-refractivity contribution is 5.85. The standard InChI is InChI=1S/C24H20N2O3/c27-26(28)22-14-12-21(13-15-22)25-16-19-7-2-4-11-24(19)29-17-20-9-5-8-18-6-1-3-10-23(18)20/h1-15,25H,16-17H2. The highest BCUT2D eigenvalue weighted by Crippen LogP contribution is 2.24. The van der Waals surface area contributed by atoms with Crippen molar-refractivity contribution < 1.29 is 9.66 Å². The Morgan fingerprint density at radius 1 is 0.793 bits per heavy atom. The van der Waals surface area contributed by atoms with Gasteiger partial charge >= 0.3 is 0 Å². The van der Waals surface area contributed by atoms with Crippen molar-refractivity contribution in [3.8, 4) is 5.75 Å². The summed E-state index contributed by atoms with van der Waals surface area (Å²) in [7, 11) is 0.